The lowest BCUT2D eigenvalue weighted by Crippen LogP contribution is -2.55. The molecule has 0 radical (unpaired) electrons. The van der Waals surface area contributed by atoms with E-state index in [0.29, 0.717) is 18.7 Å². The SMILES string of the molecule is CCc1ccc(CNC(=O)N2CCC[C@@H](N(C(N)=O)C3CC3)C2)c(F)c1. The van der Waals surface area contributed by atoms with Gasteiger partial charge < -0.3 is 20.9 Å². The van der Waals surface area contributed by atoms with Gasteiger partial charge in [0.15, 0.2) is 0 Å². The van der Waals surface area contributed by atoms with E-state index in [9.17, 15) is 14.0 Å². The third-order valence-corrected chi connectivity index (χ3v) is 5.23. The molecule has 6 nitrogen and oxygen atoms in total. The highest BCUT2D eigenvalue weighted by atomic mass is 19.1. The molecule has 0 aromatic heterocycles. The Labute approximate surface area is 153 Å². The molecule has 0 bridgehead atoms. The highest BCUT2D eigenvalue weighted by molar-refractivity contribution is 5.75. The van der Waals surface area contributed by atoms with Crippen LogP contribution in [0.4, 0.5) is 14.0 Å². The van der Waals surface area contributed by atoms with Gasteiger partial charge in [0.25, 0.3) is 0 Å². The van der Waals surface area contributed by atoms with E-state index >= 15 is 0 Å². The summed E-state index contributed by atoms with van der Waals surface area (Å²) in [6.45, 7) is 3.23. The van der Waals surface area contributed by atoms with Crippen LogP contribution in [0.5, 0.6) is 0 Å². The number of hydrogen-bond acceptors (Lipinski definition) is 2. The Morgan fingerprint density at radius 2 is 2.08 bits per heavy atom. The molecule has 1 aromatic carbocycles. The first-order valence-corrected chi connectivity index (χ1v) is 9.37. The number of urea groups is 2. The zero-order valence-electron chi connectivity index (χ0n) is 15.2. The molecule has 3 N–H and O–H groups in total. The van der Waals surface area contributed by atoms with Crippen LogP contribution in [0.3, 0.4) is 0 Å². The van der Waals surface area contributed by atoms with Gasteiger partial charge in [0, 0.05) is 31.2 Å². The Hall–Kier alpha value is -2.31. The summed E-state index contributed by atoms with van der Waals surface area (Å²) in [6.07, 6.45) is 4.43. The third kappa shape index (κ3) is 4.26. The molecule has 7 heteroatoms. The summed E-state index contributed by atoms with van der Waals surface area (Å²) in [4.78, 5) is 27.7. The lowest BCUT2D eigenvalue weighted by atomic mass is 10.0. The Balaban J connectivity index is 1.56. The highest BCUT2D eigenvalue weighted by Gasteiger charge is 2.38. The van der Waals surface area contributed by atoms with Gasteiger partial charge in [-0.1, -0.05) is 19.1 Å². The number of rotatable bonds is 5. The second kappa shape index (κ2) is 7.93. The number of primary amides is 1. The molecular formula is C19H27FN4O2. The first-order valence-electron chi connectivity index (χ1n) is 9.37. The molecule has 1 atom stereocenters. The molecule has 1 aliphatic carbocycles. The van der Waals surface area contributed by atoms with Gasteiger partial charge in [-0.25, -0.2) is 14.0 Å². The molecule has 4 amide bonds. The van der Waals surface area contributed by atoms with E-state index in [0.717, 1.165) is 37.7 Å². The van der Waals surface area contributed by atoms with Gasteiger partial charge in [-0.15, -0.1) is 0 Å². The molecule has 1 heterocycles. The molecule has 1 saturated carbocycles. The van der Waals surface area contributed by atoms with E-state index in [2.05, 4.69) is 5.32 Å². The first-order chi connectivity index (χ1) is 12.5. The average Bonchev–Trinajstić information content (AvgIpc) is 3.45. The molecule has 2 aliphatic rings. The monoisotopic (exact) mass is 362 g/mol. The van der Waals surface area contributed by atoms with Crippen LogP contribution < -0.4 is 11.1 Å². The van der Waals surface area contributed by atoms with Crippen molar-refractivity contribution in [2.75, 3.05) is 13.1 Å². The number of nitrogens with zero attached hydrogens (tertiary/aromatic N) is 2. The van der Waals surface area contributed by atoms with E-state index in [1.54, 1.807) is 15.9 Å². The fourth-order valence-corrected chi connectivity index (χ4v) is 3.61. The molecule has 0 spiro atoms. The van der Waals surface area contributed by atoms with Crippen molar-refractivity contribution in [3.63, 3.8) is 0 Å². The van der Waals surface area contributed by atoms with E-state index < -0.39 is 6.03 Å². The van der Waals surface area contributed by atoms with Gasteiger partial charge in [-0.2, -0.15) is 0 Å². The molecule has 1 aromatic rings. The molecule has 1 saturated heterocycles. The lowest BCUT2D eigenvalue weighted by molar-refractivity contribution is 0.119. The molecule has 1 aliphatic heterocycles. The van der Waals surface area contributed by atoms with Gasteiger partial charge >= 0.3 is 12.1 Å². The van der Waals surface area contributed by atoms with Crippen molar-refractivity contribution in [2.24, 2.45) is 5.73 Å². The minimum Gasteiger partial charge on any atom is -0.351 e. The minimum atomic E-state index is -0.405. The van der Waals surface area contributed by atoms with Crippen LogP contribution in [0.2, 0.25) is 0 Å². The summed E-state index contributed by atoms with van der Waals surface area (Å²) >= 11 is 0. The number of piperidine rings is 1. The zero-order chi connectivity index (χ0) is 18.7. The second-order valence-electron chi connectivity index (χ2n) is 7.16. The van der Waals surface area contributed by atoms with E-state index in [4.69, 9.17) is 5.73 Å². The maximum atomic E-state index is 14.1. The lowest BCUT2D eigenvalue weighted by Gasteiger charge is -2.38. The summed E-state index contributed by atoms with van der Waals surface area (Å²) in [5.74, 6) is -0.296. The molecular weight excluding hydrogens is 335 g/mol. The normalized spacial score (nSPS) is 19.9. The maximum absolute atomic E-state index is 14.1. The van der Waals surface area contributed by atoms with Crippen LogP contribution in [0.15, 0.2) is 18.2 Å². The van der Waals surface area contributed by atoms with Crippen molar-refractivity contribution >= 4 is 12.1 Å². The first kappa shape index (κ1) is 18.5. The smallest absolute Gasteiger partial charge is 0.317 e. The van der Waals surface area contributed by atoms with Crippen LogP contribution in [0.25, 0.3) is 0 Å². The van der Waals surface area contributed by atoms with E-state index in [1.807, 2.05) is 13.0 Å². The molecule has 2 fully saturated rings. The Bertz CT molecular complexity index is 678. The minimum absolute atomic E-state index is 0.0277. The Morgan fingerprint density at radius 3 is 2.69 bits per heavy atom. The van der Waals surface area contributed by atoms with Crippen molar-refractivity contribution in [1.29, 1.82) is 0 Å². The zero-order valence-corrected chi connectivity index (χ0v) is 15.2. The third-order valence-electron chi connectivity index (χ3n) is 5.23. The Morgan fingerprint density at radius 1 is 1.31 bits per heavy atom. The number of carbonyl (C=O) groups excluding carboxylic acids is 2. The predicted molar refractivity (Wildman–Crippen MR) is 97.1 cm³/mol. The summed E-state index contributed by atoms with van der Waals surface area (Å²) in [5.41, 5.74) is 6.94. The fraction of sp³-hybridized carbons (Fsp3) is 0.579. The summed E-state index contributed by atoms with van der Waals surface area (Å²) in [6, 6.07) is 4.68. The quantitative estimate of drug-likeness (QED) is 0.844. The maximum Gasteiger partial charge on any atom is 0.317 e. The molecule has 0 unspecified atom stereocenters. The number of nitrogens with one attached hydrogen (secondary N) is 1. The van der Waals surface area contributed by atoms with Crippen LogP contribution in [0, 0.1) is 5.82 Å². The standard InChI is InChI=1S/C19H27FN4O2/c1-2-13-5-6-14(17(20)10-13)11-22-19(26)23-9-3-4-16(12-23)24(18(21)25)15-7-8-15/h5-6,10,15-16H,2-4,7-9,11-12H2,1H3,(H2,21,25)(H,22,26)/t16-/m1/s1. The van der Waals surface area contributed by atoms with Crippen molar-refractivity contribution < 1.29 is 14.0 Å². The van der Waals surface area contributed by atoms with Crippen molar-refractivity contribution in [1.82, 2.24) is 15.1 Å². The topological polar surface area (TPSA) is 78.7 Å². The average molecular weight is 362 g/mol. The number of likely N-dealkylation sites (tertiary alicyclic amines) is 1. The Kier molecular flexibility index (Phi) is 5.64. The number of carbonyl (C=O) groups is 2. The highest BCUT2D eigenvalue weighted by Crippen LogP contribution is 2.31. The van der Waals surface area contributed by atoms with E-state index in [-0.39, 0.29) is 30.5 Å². The van der Waals surface area contributed by atoms with Crippen LogP contribution in [-0.2, 0) is 13.0 Å². The number of hydrogen-bond donors (Lipinski definition) is 2. The summed E-state index contributed by atoms with van der Waals surface area (Å²) in [5, 5.41) is 2.79. The van der Waals surface area contributed by atoms with Crippen LogP contribution in [0.1, 0.15) is 43.7 Å². The van der Waals surface area contributed by atoms with Crippen molar-refractivity contribution in [2.45, 2.75) is 57.7 Å². The van der Waals surface area contributed by atoms with Gasteiger partial charge in [0.2, 0.25) is 0 Å². The molecule has 142 valence electrons. The van der Waals surface area contributed by atoms with E-state index in [1.165, 1.54) is 6.07 Å². The van der Waals surface area contributed by atoms with Gasteiger partial charge in [-0.3, -0.25) is 0 Å². The van der Waals surface area contributed by atoms with Crippen LogP contribution >= 0.6 is 0 Å². The van der Waals surface area contributed by atoms with Crippen molar-refractivity contribution in [3.05, 3.63) is 35.1 Å². The summed E-state index contributed by atoms with van der Waals surface area (Å²) in [7, 11) is 0. The number of amides is 4. The van der Waals surface area contributed by atoms with Gasteiger partial charge in [0.05, 0.1) is 6.04 Å². The van der Waals surface area contributed by atoms with Crippen molar-refractivity contribution in [3.8, 4) is 0 Å². The molecule has 3 rings (SSSR count). The number of nitrogens with two attached hydrogens (primary N) is 1. The number of benzene rings is 1. The van der Waals surface area contributed by atoms with Gasteiger partial charge in [-0.05, 0) is 43.7 Å². The molecule has 26 heavy (non-hydrogen) atoms. The predicted octanol–water partition coefficient (Wildman–Crippen LogP) is 2.61. The van der Waals surface area contributed by atoms with Gasteiger partial charge in [0.1, 0.15) is 5.82 Å². The second-order valence-corrected chi connectivity index (χ2v) is 7.16. The fourth-order valence-electron chi connectivity index (χ4n) is 3.61. The largest absolute Gasteiger partial charge is 0.351 e. The van der Waals surface area contributed by atoms with Crippen LogP contribution in [-0.4, -0.2) is 47.0 Å². The number of aryl methyl sites for hydroxylation is 1. The number of halogens is 1. The summed E-state index contributed by atoms with van der Waals surface area (Å²) < 4.78 is 14.1.